The van der Waals surface area contributed by atoms with Crippen molar-refractivity contribution in [3.63, 3.8) is 0 Å². The molecule has 12 heavy (non-hydrogen) atoms. The minimum Gasteiger partial charge on any atom is -0.399 e. The molecule has 0 aromatic carbocycles. The van der Waals surface area contributed by atoms with Crippen LogP contribution in [-0.2, 0) is 9.31 Å². The Hall–Kier alpha value is 0.0749. The minimum absolute atomic E-state index is 0.288. The summed E-state index contributed by atoms with van der Waals surface area (Å²) in [5, 5.41) is 0. The zero-order valence-corrected chi connectivity index (χ0v) is 8.94. The second kappa shape index (κ2) is 2.79. The molecule has 2 nitrogen and oxygen atoms in total. The topological polar surface area (TPSA) is 18.5 Å². The van der Waals surface area contributed by atoms with Crippen LogP contribution in [0.5, 0.6) is 0 Å². The highest BCUT2D eigenvalue weighted by atomic mass is 32.1. The summed E-state index contributed by atoms with van der Waals surface area (Å²) in [5.41, 5.74) is -0.577. The Labute approximate surface area is 79.9 Å². The maximum atomic E-state index is 5.63. The molecule has 1 rings (SSSR count). The minimum atomic E-state index is -0.377. The van der Waals surface area contributed by atoms with E-state index in [4.69, 9.17) is 9.31 Å². The van der Waals surface area contributed by atoms with Crippen molar-refractivity contribution in [2.45, 2.75) is 38.9 Å². The molecule has 0 unspecified atom stereocenters. The van der Waals surface area contributed by atoms with Gasteiger partial charge in [0.2, 0.25) is 0 Å². The third-order valence-corrected chi connectivity index (χ3v) is 2.74. The first-order chi connectivity index (χ1) is 5.26. The van der Waals surface area contributed by atoms with E-state index in [2.05, 4.69) is 19.2 Å². The van der Waals surface area contributed by atoms with E-state index >= 15 is 0 Å². The normalized spacial score (nSPS) is 25.9. The first-order valence-electron chi connectivity index (χ1n) is 4.00. The van der Waals surface area contributed by atoms with Crippen molar-refractivity contribution in [3.8, 4) is 0 Å². The van der Waals surface area contributed by atoms with Crippen molar-refractivity contribution in [1.82, 2.24) is 0 Å². The van der Waals surface area contributed by atoms with Crippen LogP contribution in [0.25, 0.3) is 0 Å². The first kappa shape index (κ1) is 10.2. The lowest BCUT2D eigenvalue weighted by Crippen LogP contribution is -2.41. The fraction of sp³-hybridized carbons (Fsp3) is 0.750. The van der Waals surface area contributed by atoms with Gasteiger partial charge >= 0.3 is 7.12 Å². The van der Waals surface area contributed by atoms with Gasteiger partial charge in [0.05, 0.1) is 11.2 Å². The third-order valence-electron chi connectivity index (χ3n) is 2.53. The molecule has 0 bridgehead atoms. The monoisotopic (exact) mass is 186 g/mol. The van der Waals surface area contributed by atoms with Gasteiger partial charge in [-0.2, -0.15) is 12.6 Å². The van der Waals surface area contributed by atoms with Gasteiger partial charge in [0, 0.05) is 4.80 Å². The standard InChI is InChI=1S/C8H15BO2S/c1-6(12)9-10-7(2,3)8(4,5)11-9/h12H,1H2,2-5H3. The van der Waals surface area contributed by atoms with E-state index in [-0.39, 0.29) is 18.3 Å². The molecule has 0 amide bonds. The largest absolute Gasteiger partial charge is 0.500 e. The van der Waals surface area contributed by atoms with Gasteiger partial charge in [0.25, 0.3) is 0 Å². The highest BCUT2D eigenvalue weighted by Gasteiger charge is 2.51. The molecule has 1 heterocycles. The Morgan fingerprint density at radius 3 is 1.67 bits per heavy atom. The maximum absolute atomic E-state index is 5.63. The summed E-state index contributed by atoms with van der Waals surface area (Å²) in [6, 6.07) is 0. The van der Waals surface area contributed by atoms with E-state index in [0.29, 0.717) is 4.80 Å². The third kappa shape index (κ3) is 1.56. The summed E-state index contributed by atoms with van der Waals surface area (Å²) in [6.07, 6.45) is 0. The summed E-state index contributed by atoms with van der Waals surface area (Å²) in [7, 11) is -0.377. The second-order valence-electron chi connectivity index (χ2n) is 4.08. The van der Waals surface area contributed by atoms with E-state index in [9.17, 15) is 0 Å². The molecule has 4 heteroatoms. The van der Waals surface area contributed by atoms with Crippen LogP contribution >= 0.6 is 12.6 Å². The van der Waals surface area contributed by atoms with Crippen LogP contribution in [0, 0.1) is 0 Å². The zero-order valence-electron chi connectivity index (χ0n) is 8.05. The molecule has 0 N–H and O–H groups in total. The Kier molecular flexibility index (Phi) is 2.36. The van der Waals surface area contributed by atoms with Crippen molar-refractivity contribution in [3.05, 3.63) is 11.4 Å². The number of hydrogen-bond acceptors (Lipinski definition) is 3. The molecule has 68 valence electrons. The van der Waals surface area contributed by atoms with Crippen LogP contribution in [0.15, 0.2) is 11.4 Å². The van der Waals surface area contributed by atoms with Crippen LogP contribution in [-0.4, -0.2) is 18.3 Å². The fourth-order valence-electron chi connectivity index (χ4n) is 0.979. The van der Waals surface area contributed by atoms with Crippen molar-refractivity contribution < 1.29 is 9.31 Å². The van der Waals surface area contributed by atoms with Crippen molar-refractivity contribution in [2.24, 2.45) is 0 Å². The summed E-state index contributed by atoms with van der Waals surface area (Å²) < 4.78 is 11.3. The van der Waals surface area contributed by atoms with Gasteiger partial charge in [-0.05, 0) is 27.7 Å². The molecular weight excluding hydrogens is 171 g/mol. The molecule has 0 aliphatic carbocycles. The first-order valence-corrected chi connectivity index (χ1v) is 4.44. The molecule has 0 atom stereocenters. The quantitative estimate of drug-likeness (QED) is 0.499. The van der Waals surface area contributed by atoms with Crippen molar-refractivity contribution >= 4 is 19.7 Å². The maximum Gasteiger partial charge on any atom is 0.500 e. The van der Waals surface area contributed by atoms with Gasteiger partial charge in [0.15, 0.2) is 0 Å². The molecule has 1 saturated heterocycles. The molecule has 1 fully saturated rings. The number of rotatable bonds is 1. The smallest absolute Gasteiger partial charge is 0.399 e. The summed E-state index contributed by atoms with van der Waals surface area (Å²) >= 11 is 4.10. The number of hydrogen-bond donors (Lipinski definition) is 1. The van der Waals surface area contributed by atoms with Crippen molar-refractivity contribution in [1.29, 1.82) is 0 Å². The molecule has 0 aromatic heterocycles. The average molecular weight is 186 g/mol. The van der Waals surface area contributed by atoms with Crippen LogP contribution < -0.4 is 0 Å². The Morgan fingerprint density at radius 2 is 1.50 bits per heavy atom. The van der Waals surface area contributed by atoms with Crippen LogP contribution in [0.1, 0.15) is 27.7 Å². The summed E-state index contributed by atoms with van der Waals surface area (Å²) in [4.78, 5) is 0.619. The Morgan fingerprint density at radius 1 is 1.17 bits per heavy atom. The Balaban J connectivity index is 2.81. The highest BCUT2D eigenvalue weighted by Crippen LogP contribution is 2.38. The van der Waals surface area contributed by atoms with Gasteiger partial charge in [-0.1, -0.05) is 6.58 Å². The molecular formula is C8H15BO2S. The molecule has 0 radical (unpaired) electrons. The van der Waals surface area contributed by atoms with E-state index in [1.54, 1.807) is 0 Å². The fourth-order valence-corrected chi connectivity index (χ4v) is 1.08. The van der Waals surface area contributed by atoms with E-state index < -0.39 is 0 Å². The zero-order chi connectivity index (χ0) is 9.57. The van der Waals surface area contributed by atoms with E-state index in [1.807, 2.05) is 27.7 Å². The van der Waals surface area contributed by atoms with E-state index in [1.165, 1.54) is 0 Å². The summed E-state index contributed by atoms with van der Waals surface area (Å²) in [6.45, 7) is 11.7. The lowest BCUT2D eigenvalue weighted by atomic mass is 9.90. The van der Waals surface area contributed by atoms with E-state index in [0.717, 1.165) is 0 Å². The van der Waals surface area contributed by atoms with Gasteiger partial charge in [-0.25, -0.2) is 0 Å². The van der Waals surface area contributed by atoms with Crippen LogP contribution in [0.3, 0.4) is 0 Å². The predicted octanol–water partition coefficient (Wildman–Crippen LogP) is 2.06. The average Bonchev–Trinajstić information content (AvgIpc) is 2.03. The second-order valence-corrected chi connectivity index (χ2v) is 4.65. The number of thiol groups is 1. The highest BCUT2D eigenvalue weighted by molar-refractivity contribution is 7.86. The van der Waals surface area contributed by atoms with Gasteiger partial charge < -0.3 is 9.31 Å². The lowest BCUT2D eigenvalue weighted by Gasteiger charge is -2.32. The Bertz CT molecular complexity index is 197. The molecule has 0 aromatic rings. The SMILES string of the molecule is C=C(S)B1OC(C)(C)C(C)(C)O1. The predicted molar refractivity (Wildman–Crippen MR) is 54.2 cm³/mol. The molecule has 1 aliphatic rings. The van der Waals surface area contributed by atoms with Gasteiger partial charge in [0.1, 0.15) is 0 Å². The van der Waals surface area contributed by atoms with Crippen LogP contribution in [0.2, 0.25) is 0 Å². The molecule has 1 aliphatic heterocycles. The summed E-state index contributed by atoms with van der Waals surface area (Å²) in [5.74, 6) is 0. The lowest BCUT2D eigenvalue weighted by molar-refractivity contribution is 0.00578. The molecule has 0 spiro atoms. The van der Waals surface area contributed by atoms with Gasteiger partial charge in [-0.3, -0.25) is 0 Å². The van der Waals surface area contributed by atoms with Crippen molar-refractivity contribution in [2.75, 3.05) is 0 Å². The van der Waals surface area contributed by atoms with Crippen LogP contribution in [0.4, 0.5) is 0 Å². The van der Waals surface area contributed by atoms with Gasteiger partial charge in [-0.15, -0.1) is 0 Å². The molecule has 0 saturated carbocycles.